The topological polar surface area (TPSA) is 40.4 Å². The summed E-state index contributed by atoms with van der Waals surface area (Å²) in [6.07, 6.45) is 5.57. The lowest BCUT2D eigenvalue weighted by atomic mass is 9.95. The molecule has 1 heterocycles. The Balaban J connectivity index is 2.61. The number of amides is 3. The van der Waals surface area contributed by atoms with E-state index in [1.807, 2.05) is 18.2 Å². The van der Waals surface area contributed by atoms with E-state index in [0.717, 1.165) is 9.29 Å². The first-order valence-electron chi connectivity index (χ1n) is 4.50. The molecule has 0 spiro atoms. The molecule has 0 saturated carbocycles. The molecule has 0 N–H and O–H groups in total. The molecule has 78 valence electrons. The largest absolute Gasteiger partial charge is 0.500 e. The van der Waals surface area contributed by atoms with Crippen molar-refractivity contribution in [3.8, 4) is 0 Å². The first-order chi connectivity index (χ1) is 7.04. The van der Waals surface area contributed by atoms with Crippen molar-refractivity contribution >= 4 is 40.2 Å². The third kappa shape index (κ3) is 1.45. The van der Waals surface area contributed by atoms with Gasteiger partial charge in [-0.1, -0.05) is 12.2 Å². The number of allylic oxidation sites excluding steroid dienone is 3. The summed E-state index contributed by atoms with van der Waals surface area (Å²) in [7, 11) is 3.20. The molecule has 1 unspecified atom stereocenters. The Morgan fingerprint density at radius 3 is 2.80 bits per heavy atom. The standard InChI is InChI=1S/C10H10IN2O2/c1-12-7-5-3-4-6(11)8(7)9(14)13(2)10(12)15/h3-5,8H,1-2H3/q+1. The van der Waals surface area contributed by atoms with E-state index >= 15 is 0 Å². The fraction of sp³-hybridized carbons (Fsp3) is 0.300. The Morgan fingerprint density at radius 2 is 2.13 bits per heavy atom. The van der Waals surface area contributed by atoms with E-state index in [0.29, 0.717) is 0 Å². The lowest BCUT2D eigenvalue weighted by Crippen LogP contribution is -2.52. The van der Waals surface area contributed by atoms with Gasteiger partial charge >= 0.3 is 11.9 Å². The number of urea groups is 1. The maximum Gasteiger partial charge on any atom is 0.500 e. The molecular weight excluding hydrogens is 307 g/mol. The number of nitrogens with zero attached hydrogens (tertiary/aromatic N) is 2. The van der Waals surface area contributed by atoms with Crippen molar-refractivity contribution in [3.63, 3.8) is 0 Å². The van der Waals surface area contributed by atoms with Crippen LogP contribution in [-0.4, -0.2) is 41.2 Å². The minimum atomic E-state index is -0.303. The van der Waals surface area contributed by atoms with Gasteiger partial charge in [0.2, 0.25) is 0 Å². The number of fused-ring (bicyclic) bond motifs is 1. The maximum absolute atomic E-state index is 11.9. The second-order valence-electron chi connectivity index (χ2n) is 3.51. The molecule has 1 aliphatic heterocycles. The molecule has 0 bridgehead atoms. The molecule has 0 radical (unpaired) electrons. The highest BCUT2D eigenvalue weighted by molar-refractivity contribution is 14.1. The minimum absolute atomic E-state index is 0.155. The van der Waals surface area contributed by atoms with Crippen LogP contribution in [-0.2, 0) is 4.79 Å². The summed E-state index contributed by atoms with van der Waals surface area (Å²) in [6.45, 7) is 0. The number of hydrogen-bond acceptors (Lipinski definition) is 2. The van der Waals surface area contributed by atoms with Crippen molar-refractivity contribution in [2.45, 2.75) is 0 Å². The van der Waals surface area contributed by atoms with Crippen LogP contribution in [0.5, 0.6) is 0 Å². The van der Waals surface area contributed by atoms with E-state index in [1.54, 1.807) is 7.05 Å². The summed E-state index contributed by atoms with van der Waals surface area (Å²) in [5.74, 6) is -0.457. The molecule has 1 atom stereocenters. The van der Waals surface area contributed by atoms with Gasteiger partial charge < -0.3 is 0 Å². The Labute approximate surface area is 101 Å². The molecule has 4 nitrogen and oxygen atoms in total. The van der Waals surface area contributed by atoms with Gasteiger partial charge in [0.25, 0.3) is 0 Å². The van der Waals surface area contributed by atoms with Crippen LogP contribution in [0.25, 0.3) is 0 Å². The van der Waals surface area contributed by atoms with Crippen molar-refractivity contribution in [1.29, 1.82) is 0 Å². The van der Waals surface area contributed by atoms with Gasteiger partial charge in [0, 0.05) is 3.58 Å². The third-order valence-corrected chi connectivity index (χ3v) is 3.62. The zero-order chi connectivity index (χ0) is 11.2. The monoisotopic (exact) mass is 317 g/mol. The van der Waals surface area contributed by atoms with Crippen molar-refractivity contribution in [1.82, 2.24) is 4.90 Å². The normalized spacial score (nSPS) is 25.7. The number of hydrogen-bond donors (Lipinski definition) is 0. The lowest BCUT2D eigenvalue weighted by molar-refractivity contribution is -0.405. The van der Waals surface area contributed by atoms with Crippen LogP contribution >= 0.6 is 22.6 Å². The zero-order valence-corrected chi connectivity index (χ0v) is 10.6. The highest BCUT2D eigenvalue weighted by Crippen LogP contribution is 2.28. The second kappa shape index (κ2) is 3.55. The number of halogens is 1. The maximum atomic E-state index is 11.9. The van der Waals surface area contributed by atoms with Crippen molar-refractivity contribution in [2.75, 3.05) is 14.1 Å². The molecule has 1 aliphatic carbocycles. The van der Waals surface area contributed by atoms with Crippen LogP contribution in [0, 0.1) is 5.92 Å². The average Bonchev–Trinajstić information content (AvgIpc) is 2.23. The predicted molar refractivity (Wildman–Crippen MR) is 64.1 cm³/mol. The van der Waals surface area contributed by atoms with Gasteiger partial charge in [0.05, 0.1) is 14.1 Å². The summed E-state index contributed by atoms with van der Waals surface area (Å²) >= 11 is 2.14. The molecule has 0 fully saturated rings. The van der Waals surface area contributed by atoms with E-state index in [-0.39, 0.29) is 17.9 Å². The molecule has 15 heavy (non-hydrogen) atoms. The van der Waals surface area contributed by atoms with Gasteiger partial charge in [0.1, 0.15) is 5.71 Å². The van der Waals surface area contributed by atoms with Crippen LogP contribution < -0.4 is 0 Å². The first-order valence-corrected chi connectivity index (χ1v) is 5.57. The van der Waals surface area contributed by atoms with Gasteiger partial charge in [-0.3, -0.25) is 0 Å². The van der Waals surface area contributed by atoms with Gasteiger partial charge in [-0.05, 0) is 28.7 Å². The molecule has 5 heteroatoms. The van der Waals surface area contributed by atoms with Gasteiger partial charge in [0.15, 0.2) is 5.92 Å². The van der Waals surface area contributed by atoms with Gasteiger partial charge in [-0.25, -0.2) is 4.79 Å². The summed E-state index contributed by atoms with van der Waals surface area (Å²) in [5.41, 5.74) is 0.759. The second-order valence-corrected chi connectivity index (χ2v) is 4.75. The van der Waals surface area contributed by atoms with Gasteiger partial charge in [-0.15, -0.1) is 0 Å². The van der Waals surface area contributed by atoms with Crippen LogP contribution in [0.4, 0.5) is 4.79 Å². The van der Waals surface area contributed by atoms with Crippen LogP contribution in [0.1, 0.15) is 0 Å². The summed E-state index contributed by atoms with van der Waals surface area (Å²) in [5, 5.41) is 0. The lowest BCUT2D eigenvalue weighted by Gasteiger charge is -2.24. The summed E-state index contributed by atoms with van der Waals surface area (Å²) < 4.78 is 2.47. The highest BCUT2D eigenvalue weighted by atomic mass is 127. The predicted octanol–water partition coefficient (Wildman–Crippen LogP) is 1.17. The minimum Gasteiger partial charge on any atom is -0.245 e. The molecule has 0 aromatic rings. The Bertz CT molecular complexity index is 448. The smallest absolute Gasteiger partial charge is 0.245 e. The first kappa shape index (κ1) is 10.5. The SMILES string of the molecule is CN1C(=O)C2C(I)=CC=CC2=[N+](C)C1=O. The third-order valence-electron chi connectivity index (χ3n) is 2.63. The van der Waals surface area contributed by atoms with E-state index in [1.165, 1.54) is 16.5 Å². The van der Waals surface area contributed by atoms with Crippen molar-refractivity contribution in [3.05, 3.63) is 21.8 Å². The van der Waals surface area contributed by atoms with Crippen LogP contribution in [0.2, 0.25) is 0 Å². The van der Waals surface area contributed by atoms with E-state index < -0.39 is 0 Å². The average molecular weight is 317 g/mol. The molecule has 2 aliphatic rings. The van der Waals surface area contributed by atoms with Crippen LogP contribution in [0.15, 0.2) is 21.8 Å². The number of carbonyl (C=O) groups is 2. The summed E-state index contributed by atoms with van der Waals surface area (Å²) in [6, 6.07) is -0.276. The van der Waals surface area contributed by atoms with Gasteiger partial charge in [-0.2, -0.15) is 14.3 Å². The number of imide groups is 1. The molecule has 2 rings (SSSR count). The Hall–Kier alpha value is -0.980. The Kier molecular flexibility index (Phi) is 2.49. The molecule has 0 aromatic heterocycles. The fourth-order valence-corrected chi connectivity index (χ4v) is 2.54. The highest BCUT2D eigenvalue weighted by Gasteiger charge is 2.45. The number of rotatable bonds is 0. The van der Waals surface area contributed by atoms with E-state index in [2.05, 4.69) is 22.6 Å². The fourth-order valence-electron chi connectivity index (χ4n) is 1.75. The van der Waals surface area contributed by atoms with E-state index in [9.17, 15) is 9.59 Å². The zero-order valence-electron chi connectivity index (χ0n) is 8.40. The van der Waals surface area contributed by atoms with Crippen molar-refractivity contribution < 1.29 is 14.2 Å². The van der Waals surface area contributed by atoms with Crippen LogP contribution in [0.3, 0.4) is 0 Å². The van der Waals surface area contributed by atoms with E-state index in [4.69, 9.17) is 0 Å². The summed E-state index contributed by atoms with van der Waals surface area (Å²) in [4.78, 5) is 24.7. The number of carbonyl (C=O) groups excluding carboxylic acids is 2. The van der Waals surface area contributed by atoms with Crippen molar-refractivity contribution in [2.24, 2.45) is 5.92 Å². The molecular formula is C10H10IN2O2+. The molecule has 3 amide bonds. The Morgan fingerprint density at radius 1 is 1.47 bits per heavy atom. The molecule has 0 saturated heterocycles. The molecule has 0 aromatic carbocycles. The quantitative estimate of drug-likeness (QED) is 0.497.